The van der Waals surface area contributed by atoms with Crippen molar-refractivity contribution < 1.29 is 23.4 Å². The van der Waals surface area contributed by atoms with Crippen molar-refractivity contribution in [2.75, 3.05) is 45.0 Å². The summed E-state index contributed by atoms with van der Waals surface area (Å²) >= 11 is 1.32. The molecular weight excluding hydrogens is 394 g/mol. The van der Waals surface area contributed by atoms with Gasteiger partial charge in [0, 0.05) is 38.3 Å². The molecule has 0 atom stereocenters. The van der Waals surface area contributed by atoms with E-state index in [1.54, 1.807) is 19.2 Å². The normalized spacial score (nSPS) is 21.6. The molecule has 0 bridgehead atoms. The van der Waals surface area contributed by atoms with Crippen LogP contribution < -0.4 is 14.4 Å². The number of hydrogen-bond acceptors (Lipinski definition) is 8. The number of ether oxygens (including phenoxy) is 3. The van der Waals surface area contributed by atoms with Crippen LogP contribution in [0.4, 0.5) is 11.6 Å². The van der Waals surface area contributed by atoms with E-state index >= 15 is 0 Å². The number of carbonyl (C=O) groups is 1. The zero-order valence-corrected chi connectivity index (χ0v) is 16.6. The summed E-state index contributed by atoms with van der Waals surface area (Å²) in [5, 5.41) is 0.597. The second-order valence-corrected chi connectivity index (χ2v) is 7.69. The highest BCUT2D eigenvalue weighted by Gasteiger charge is 2.31. The van der Waals surface area contributed by atoms with Crippen LogP contribution in [0.2, 0.25) is 0 Å². The molecule has 3 aliphatic rings. The van der Waals surface area contributed by atoms with Gasteiger partial charge in [0.25, 0.3) is 5.91 Å². The molecule has 2 aromatic rings. The summed E-state index contributed by atoms with van der Waals surface area (Å²) in [6.07, 6.45) is 1.76. The predicted octanol–water partition coefficient (Wildman–Crippen LogP) is 3.08. The Morgan fingerprint density at radius 2 is 1.93 bits per heavy atom. The molecule has 4 heterocycles. The predicted molar refractivity (Wildman–Crippen MR) is 110 cm³/mol. The minimum atomic E-state index is -0.112. The summed E-state index contributed by atoms with van der Waals surface area (Å²) in [5.41, 5.74) is 0.699. The SMILES string of the molecule is CN1C(=O)/C(=C/c2ccc(N3CCOCC3)o2)SC1=Nc1ccc2c(c1)OCO2. The fraction of sp³-hybridized carbons (Fsp3) is 0.300. The van der Waals surface area contributed by atoms with Gasteiger partial charge in [0.05, 0.1) is 23.8 Å². The minimum Gasteiger partial charge on any atom is -0.454 e. The van der Waals surface area contributed by atoms with Crippen molar-refractivity contribution in [2.24, 2.45) is 4.99 Å². The first-order chi connectivity index (χ1) is 14.2. The Balaban J connectivity index is 1.35. The third-order valence-electron chi connectivity index (χ3n) is 4.79. The number of furan rings is 1. The fourth-order valence-electron chi connectivity index (χ4n) is 3.22. The van der Waals surface area contributed by atoms with Crippen molar-refractivity contribution in [1.82, 2.24) is 4.90 Å². The highest BCUT2D eigenvalue weighted by atomic mass is 32.2. The number of anilines is 1. The number of amides is 1. The lowest BCUT2D eigenvalue weighted by atomic mass is 10.3. The van der Waals surface area contributed by atoms with Crippen molar-refractivity contribution in [2.45, 2.75) is 0 Å². The van der Waals surface area contributed by atoms with Gasteiger partial charge in [-0.25, -0.2) is 4.99 Å². The van der Waals surface area contributed by atoms with Gasteiger partial charge in [0.15, 0.2) is 22.6 Å². The van der Waals surface area contributed by atoms with Crippen molar-refractivity contribution >= 4 is 40.5 Å². The number of aliphatic imine (C=N–C) groups is 1. The molecule has 2 fully saturated rings. The number of carbonyl (C=O) groups excluding carboxylic acids is 1. The van der Waals surface area contributed by atoms with Gasteiger partial charge < -0.3 is 23.5 Å². The average Bonchev–Trinajstić information content (AvgIpc) is 3.46. The van der Waals surface area contributed by atoms with Gasteiger partial charge in [-0.3, -0.25) is 9.69 Å². The van der Waals surface area contributed by atoms with E-state index in [0.29, 0.717) is 46.2 Å². The van der Waals surface area contributed by atoms with Crippen LogP contribution in [0.25, 0.3) is 6.08 Å². The molecule has 3 aliphatic heterocycles. The van der Waals surface area contributed by atoms with Gasteiger partial charge in [-0.1, -0.05) is 0 Å². The molecule has 9 heteroatoms. The van der Waals surface area contributed by atoms with Crippen LogP contribution in [0.15, 0.2) is 44.6 Å². The second kappa shape index (κ2) is 7.49. The van der Waals surface area contributed by atoms with E-state index in [1.165, 1.54) is 16.7 Å². The van der Waals surface area contributed by atoms with Gasteiger partial charge in [0.1, 0.15) is 5.76 Å². The molecule has 2 saturated heterocycles. The van der Waals surface area contributed by atoms with E-state index in [9.17, 15) is 4.79 Å². The first-order valence-electron chi connectivity index (χ1n) is 9.26. The standard InChI is InChI=1S/C20H19N3O5S/c1-22-19(24)17(11-14-3-5-18(28-14)23-6-8-25-9-7-23)29-20(22)21-13-2-4-15-16(10-13)27-12-26-15/h2-5,10-11H,6-9,12H2,1H3/b17-11-,21-20?. The summed E-state index contributed by atoms with van der Waals surface area (Å²) in [5.74, 6) is 2.68. The van der Waals surface area contributed by atoms with Crippen LogP contribution in [-0.4, -0.2) is 56.1 Å². The number of nitrogens with zero attached hydrogens (tertiary/aromatic N) is 3. The number of thioether (sulfide) groups is 1. The molecule has 8 nitrogen and oxygen atoms in total. The summed E-state index contributed by atoms with van der Waals surface area (Å²) in [6, 6.07) is 9.25. The monoisotopic (exact) mass is 413 g/mol. The maximum Gasteiger partial charge on any atom is 0.266 e. The van der Waals surface area contributed by atoms with Crippen LogP contribution in [-0.2, 0) is 9.53 Å². The molecule has 0 saturated carbocycles. The van der Waals surface area contributed by atoms with Crippen LogP contribution in [0, 0.1) is 0 Å². The van der Waals surface area contributed by atoms with Crippen molar-refractivity contribution in [3.05, 3.63) is 41.0 Å². The molecule has 1 aromatic carbocycles. The molecule has 150 valence electrons. The van der Waals surface area contributed by atoms with E-state index in [2.05, 4.69) is 9.89 Å². The second-order valence-electron chi connectivity index (χ2n) is 6.68. The van der Waals surface area contributed by atoms with E-state index < -0.39 is 0 Å². The molecule has 5 rings (SSSR count). The van der Waals surface area contributed by atoms with Crippen LogP contribution >= 0.6 is 11.8 Å². The third-order valence-corrected chi connectivity index (χ3v) is 5.85. The summed E-state index contributed by atoms with van der Waals surface area (Å²) in [7, 11) is 1.71. The van der Waals surface area contributed by atoms with Gasteiger partial charge in [-0.05, 0) is 30.0 Å². The maximum atomic E-state index is 12.6. The lowest BCUT2D eigenvalue weighted by molar-refractivity contribution is -0.121. The third kappa shape index (κ3) is 3.58. The highest BCUT2D eigenvalue weighted by Crippen LogP contribution is 2.38. The number of hydrogen-bond donors (Lipinski definition) is 0. The largest absolute Gasteiger partial charge is 0.454 e. The van der Waals surface area contributed by atoms with E-state index in [0.717, 1.165) is 19.0 Å². The van der Waals surface area contributed by atoms with Crippen LogP contribution in [0.5, 0.6) is 11.5 Å². The van der Waals surface area contributed by atoms with Gasteiger partial charge in [-0.15, -0.1) is 0 Å². The van der Waals surface area contributed by atoms with E-state index in [4.69, 9.17) is 18.6 Å². The Kier molecular flexibility index (Phi) is 4.69. The highest BCUT2D eigenvalue weighted by molar-refractivity contribution is 8.18. The fourth-order valence-corrected chi connectivity index (χ4v) is 4.19. The van der Waals surface area contributed by atoms with E-state index in [-0.39, 0.29) is 12.7 Å². The topological polar surface area (TPSA) is 76.7 Å². The maximum absolute atomic E-state index is 12.6. The van der Waals surface area contributed by atoms with Crippen molar-refractivity contribution in [1.29, 1.82) is 0 Å². The number of rotatable bonds is 3. The first-order valence-corrected chi connectivity index (χ1v) is 10.1. The van der Waals surface area contributed by atoms with Crippen molar-refractivity contribution in [3.8, 4) is 11.5 Å². The molecule has 0 N–H and O–H groups in total. The Hall–Kier alpha value is -2.91. The zero-order valence-electron chi connectivity index (χ0n) is 15.8. The molecule has 0 radical (unpaired) electrons. The molecule has 0 spiro atoms. The number of fused-ring (bicyclic) bond motifs is 1. The Morgan fingerprint density at radius 3 is 2.79 bits per heavy atom. The molecular formula is C20H19N3O5S. The first kappa shape index (κ1) is 18.1. The molecule has 0 aliphatic carbocycles. The van der Waals surface area contributed by atoms with E-state index in [1.807, 2.05) is 24.3 Å². The minimum absolute atomic E-state index is 0.112. The zero-order chi connectivity index (χ0) is 19.8. The molecule has 0 unspecified atom stereocenters. The average molecular weight is 413 g/mol. The Morgan fingerprint density at radius 1 is 1.10 bits per heavy atom. The lowest BCUT2D eigenvalue weighted by Gasteiger charge is -2.26. The van der Waals surface area contributed by atoms with Gasteiger partial charge in [0.2, 0.25) is 6.79 Å². The number of amidine groups is 1. The Labute approximate surface area is 171 Å². The molecule has 1 aromatic heterocycles. The summed E-state index contributed by atoms with van der Waals surface area (Å²) in [6.45, 7) is 3.19. The van der Waals surface area contributed by atoms with Gasteiger partial charge >= 0.3 is 0 Å². The van der Waals surface area contributed by atoms with Crippen LogP contribution in [0.3, 0.4) is 0 Å². The Bertz CT molecular complexity index is 1010. The van der Waals surface area contributed by atoms with Crippen molar-refractivity contribution in [3.63, 3.8) is 0 Å². The number of morpholine rings is 1. The quantitative estimate of drug-likeness (QED) is 0.716. The smallest absolute Gasteiger partial charge is 0.266 e. The summed E-state index contributed by atoms with van der Waals surface area (Å²) < 4.78 is 22.0. The molecule has 1 amide bonds. The number of likely N-dealkylation sites (N-methyl/N-ethyl adjacent to an activating group) is 1. The molecule has 29 heavy (non-hydrogen) atoms. The van der Waals surface area contributed by atoms with Crippen LogP contribution in [0.1, 0.15) is 5.76 Å². The summed E-state index contributed by atoms with van der Waals surface area (Å²) in [4.78, 5) is 21.5. The lowest BCUT2D eigenvalue weighted by Crippen LogP contribution is -2.35. The number of benzene rings is 1. The van der Waals surface area contributed by atoms with Gasteiger partial charge in [-0.2, -0.15) is 0 Å².